The highest BCUT2D eigenvalue weighted by atomic mass is 16.2. The molecule has 0 saturated heterocycles. The predicted octanol–water partition coefficient (Wildman–Crippen LogP) is 1.93. The number of anilines is 2. The van der Waals surface area contributed by atoms with Crippen molar-refractivity contribution in [2.24, 2.45) is 0 Å². The van der Waals surface area contributed by atoms with Gasteiger partial charge in [0.25, 0.3) is 5.91 Å². The minimum atomic E-state index is -0.249. The normalized spacial score (nSPS) is 10.0. The molecule has 1 aromatic carbocycles. The van der Waals surface area contributed by atoms with E-state index in [1.807, 2.05) is 6.92 Å². The summed E-state index contributed by atoms with van der Waals surface area (Å²) in [5.41, 5.74) is 2.02. The Kier molecular flexibility index (Phi) is 3.61. The lowest BCUT2D eigenvalue weighted by Gasteiger charge is -2.04. The van der Waals surface area contributed by atoms with Gasteiger partial charge in [-0.15, -0.1) is 0 Å². The van der Waals surface area contributed by atoms with Gasteiger partial charge in [-0.2, -0.15) is 5.10 Å². The maximum absolute atomic E-state index is 11.9. The molecule has 98 valence electrons. The van der Waals surface area contributed by atoms with Crippen LogP contribution in [-0.4, -0.2) is 22.0 Å². The van der Waals surface area contributed by atoms with Crippen LogP contribution in [0.25, 0.3) is 0 Å². The third-order valence-electron chi connectivity index (χ3n) is 2.41. The molecule has 0 saturated carbocycles. The zero-order valence-electron chi connectivity index (χ0n) is 10.7. The number of carbonyl (C=O) groups excluding carboxylic acids is 2. The third-order valence-corrected chi connectivity index (χ3v) is 2.41. The van der Waals surface area contributed by atoms with Gasteiger partial charge in [-0.05, 0) is 31.2 Å². The van der Waals surface area contributed by atoms with Crippen molar-refractivity contribution < 1.29 is 9.59 Å². The Morgan fingerprint density at radius 3 is 2.37 bits per heavy atom. The van der Waals surface area contributed by atoms with E-state index in [0.29, 0.717) is 17.1 Å². The van der Waals surface area contributed by atoms with Crippen LogP contribution in [0.15, 0.2) is 30.3 Å². The SMILES string of the molecule is CC(=O)Nc1ccc(C(=O)Nc2cc(C)[nH]n2)cc1. The Bertz CT molecular complexity index is 601. The number of aromatic nitrogens is 2. The number of hydrogen-bond acceptors (Lipinski definition) is 3. The molecule has 0 aliphatic rings. The highest BCUT2D eigenvalue weighted by molar-refractivity contribution is 6.04. The molecule has 0 unspecified atom stereocenters. The first kappa shape index (κ1) is 12.8. The second-order valence-corrected chi connectivity index (χ2v) is 4.15. The average Bonchev–Trinajstić information content (AvgIpc) is 2.75. The molecule has 2 rings (SSSR count). The van der Waals surface area contributed by atoms with Crippen molar-refractivity contribution >= 4 is 23.3 Å². The van der Waals surface area contributed by atoms with Gasteiger partial charge < -0.3 is 10.6 Å². The summed E-state index contributed by atoms with van der Waals surface area (Å²) in [7, 11) is 0. The number of rotatable bonds is 3. The molecule has 6 heteroatoms. The molecular formula is C13H14N4O2. The van der Waals surface area contributed by atoms with Crippen LogP contribution in [0.3, 0.4) is 0 Å². The van der Waals surface area contributed by atoms with Crippen LogP contribution >= 0.6 is 0 Å². The smallest absolute Gasteiger partial charge is 0.256 e. The molecule has 0 spiro atoms. The van der Waals surface area contributed by atoms with Gasteiger partial charge in [-0.1, -0.05) is 0 Å². The van der Waals surface area contributed by atoms with Gasteiger partial charge in [0.2, 0.25) is 5.91 Å². The number of benzene rings is 1. The van der Waals surface area contributed by atoms with E-state index in [-0.39, 0.29) is 11.8 Å². The minimum Gasteiger partial charge on any atom is -0.326 e. The topological polar surface area (TPSA) is 86.9 Å². The van der Waals surface area contributed by atoms with Gasteiger partial charge >= 0.3 is 0 Å². The fourth-order valence-electron chi connectivity index (χ4n) is 1.58. The van der Waals surface area contributed by atoms with Crippen molar-refractivity contribution in [3.05, 3.63) is 41.6 Å². The number of H-pyrrole nitrogens is 1. The number of amides is 2. The van der Waals surface area contributed by atoms with Crippen molar-refractivity contribution in [2.45, 2.75) is 13.8 Å². The predicted molar refractivity (Wildman–Crippen MR) is 72.0 cm³/mol. The zero-order chi connectivity index (χ0) is 13.8. The van der Waals surface area contributed by atoms with Crippen LogP contribution in [0, 0.1) is 6.92 Å². The van der Waals surface area contributed by atoms with E-state index < -0.39 is 0 Å². The van der Waals surface area contributed by atoms with E-state index in [0.717, 1.165) is 5.69 Å². The maximum Gasteiger partial charge on any atom is 0.256 e. The van der Waals surface area contributed by atoms with Crippen molar-refractivity contribution in [3.8, 4) is 0 Å². The molecule has 0 bridgehead atoms. The molecule has 0 atom stereocenters. The molecule has 0 radical (unpaired) electrons. The van der Waals surface area contributed by atoms with Crippen LogP contribution < -0.4 is 10.6 Å². The van der Waals surface area contributed by atoms with Gasteiger partial charge in [0.05, 0.1) is 0 Å². The van der Waals surface area contributed by atoms with Crippen LogP contribution in [-0.2, 0) is 4.79 Å². The van der Waals surface area contributed by atoms with Gasteiger partial charge in [-0.3, -0.25) is 14.7 Å². The van der Waals surface area contributed by atoms with Crippen molar-refractivity contribution in [2.75, 3.05) is 10.6 Å². The molecule has 19 heavy (non-hydrogen) atoms. The number of hydrogen-bond donors (Lipinski definition) is 3. The molecule has 0 aliphatic carbocycles. The van der Waals surface area contributed by atoms with Crippen molar-refractivity contribution in [3.63, 3.8) is 0 Å². The Balaban J connectivity index is 2.05. The Hall–Kier alpha value is -2.63. The highest BCUT2D eigenvalue weighted by Gasteiger charge is 2.07. The van der Waals surface area contributed by atoms with Gasteiger partial charge in [-0.25, -0.2) is 0 Å². The van der Waals surface area contributed by atoms with E-state index in [4.69, 9.17) is 0 Å². The van der Waals surface area contributed by atoms with E-state index >= 15 is 0 Å². The summed E-state index contributed by atoms with van der Waals surface area (Å²) in [6.45, 7) is 3.28. The Labute approximate surface area is 110 Å². The molecule has 1 aromatic heterocycles. The quantitative estimate of drug-likeness (QED) is 0.786. The number of nitrogens with one attached hydrogen (secondary N) is 3. The highest BCUT2D eigenvalue weighted by Crippen LogP contribution is 2.11. The number of aryl methyl sites for hydroxylation is 1. The first-order valence-electron chi connectivity index (χ1n) is 5.75. The van der Waals surface area contributed by atoms with E-state index in [2.05, 4.69) is 20.8 Å². The van der Waals surface area contributed by atoms with Gasteiger partial charge in [0, 0.05) is 29.9 Å². The summed E-state index contributed by atoms with van der Waals surface area (Å²) in [4.78, 5) is 22.8. The second kappa shape index (κ2) is 5.34. The second-order valence-electron chi connectivity index (χ2n) is 4.15. The summed E-state index contributed by atoms with van der Waals surface area (Å²) in [5.74, 6) is 0.0820. The van der Waals surface area contributed by atoms with Crippen LogP contribution in [0.2, 0.25) is 0 Å². The zero-order valence-corrected chi connectivity index (χ0v) is 10.7. The third kappa shape index (κ3) is 3.41. The lowest BCUT2D eigenvalue weighted by Crippen LogP contribution is -2.12. The molecule has 0 fully saturated rings. The molecule has 1 heterocycles. The fourth-order valence-corrected chi connectivity index (χ4v) is 1.58. The standard InChI is InChI=1S/C13H14N4O2/c1-8-7-12(17-16-8)15-13(19)10-3-5-11(6-4-10)14-9(2)18/h3-7H,1-2H3,(H,14,18)(H2,15,16,17,19). The number of carbonyl (C=O) groups is 2. The van der Waals surface area contributed by atoms with Crippen LogP contribution in [0.1, 0.15) is 23.0 Å². The van der Waals surface area contributed by atoms with Crippen LogP contribution in [0.5, 0.6) is 0 Å². The minimum absolute atomic E-state index is 0.149. The average molecular weight is 258 g/mol. The van der Waals surface area contributed by atoms with Gasteiger partial charge in [0.15, 0.2) is 5.82 Å². The number of nitrogens with zero attached hydrogens (tertiary/aromatic N) is 1. The maximum atomic E-state index is 11.9. The molecule has 2 aromatic rings. The summed E-state index contributed by atoms with van der Waals surface area (Å²) in [5, 5.41) is 12.0. The Morgan fingerprint density at radius 2 is 1.84 bits per heavy atom. The van der Waals surface area contributed by atoms with Crippen LogP contribution in [0.4, 0.5) is 11.5 Å². The van der Waals surface area contributed by atoms with Crippen molar-refractivity contribution in [1.82, 2.24) is 10.2 Å². The monoisotopic (exact) mass is 258 g/mol. The van der Waals surface area contributed by atoms with E-state index in [9.17, 15) is 9.59 Å². The Morgan fingerprint density at radius 1 is 1.16 bits per heavy atom. The molecular weight excluding hydrogens is 244 g/mol. The molecule has 6 nitrogen and oxygen atoms in total. The number of aromatic amines is 1. The van der Waals surface area contributed by atoms with Crippen molar-refractivity contribution in [1.29, 1.82) is 0 Å². The first-order valence-corrected chi connectivity index (χ1v) is 5.75. The fraction of sp³-hybridized carbons (Fsp3) is 0.154. The lowest BCUT2D eigenvalue weighted by molar-refractivity contribution is -0.114. The lowest BCUT2D eigenvalue weighted by atomic mass is 10.2. The summed E-state index contributed by atoms with van der Waals surface area (Å²) >= 11 is 0. The summed E-state index contributed by atoms with van der Waals surface area (Å²) < 4.78 is 0. The molecule has 2 amide bonds. The molecule has 0 aliphatic heterocycles. The van der Waals surface area contributed by atoms with E-state index in [1.165, 1.54) is 6.92 Å². The summed E-state index contributed by atoms with van der Waals surface area (Å²) in [6, 6.07) is 8.36. The largest absolute Gasteiger partial charge is 0.326 e. The summed E-state index contributed by atoms with van der Waals surface area (Å²) in [6.07, 6.45) is 0. The molecule has 3 N–H and O–H groups in total. The van der Waals surface area contributed by atoms with E-state index in [1.54, 1.807) is 30.3 Å². The van der Waals surface area contributed by atoms with Gasteiger partial charge in [0.1, 0.15) is 0 Å². The first-order chi connectivity index (χ1) is 9.04.